The van der Waals surface area contributed by atoms with Gasteiger partial charge in [-0.3, -0.25) is 4.79 Å². The zero-order valence-corrected chi connectivity index (χ0v) is 9.70. The molecule has 5 heteroatoms. The molecule has 0 spiro atoms. The average molecular weight is 198 g/mol. The summed E-state index contributed by atoms with van der Waals surface area (Å²) in [5.74, 6) is 0.624. The van der Waals surface area contributed by atoms with Gasteiger partial charge >= 0.3 is 0 Å². The van der Waals surface area contributed by atoms with E-state index in [0.29, 0.717) is 0 Å². The summed E-state index contributed by atoms with van der Waals surface area (Å²) in [7, 11) is 5.34. The van der Waals surface area contributed by atoms with Crippen LogP contribution >= 0.6 is 0 Å². The van der Waals surface area contributed by atoms with Crippen molar-refractivity contribution in [3.63, 3.8) is 0 Å². The van der Waals surface area contributed by atoms with E-state index in [4.69, 9.17) is 0 Å². The Hall–Kier alpha value is -1.39. The predicted octanol–water partition coefficient (Wildman–Crippen LogP) is 1.64. The Bertz CT molecular complexity index is 264. The number of amides is 1. The van der Waals surface area contributed by atoms with Gasteiger partial charge in [-0.2, -0.15) is 0 Å². The molecule has 0 aromatic rings. The molecule has 0 fully saturated rings. The van der Waals surface area contributed by atoms with E-state index in [1.807, 2.05) is 32.8 Å². The lowest BCUT2D eigenvalue weighted by Crippen LogP contribution is -2.17. The van der Waals surface area contributed by atoms with Crippen molar-refractivity contribution in [2.75, 3.05) is 21.1 Å². The first-order valence-electron chi connectivity index (χ1n) is 4.37. The number of hydrogen-bond donors (Lipinski definition) is 0. The van der Waals surface area contributed by atoms with Crippen molar-refractivity contribution in [3.8, 4) is 0 Å². The zero-order chi connectivity index (χ0) is 11.3. The molecule has 0 aliphatic carbocycles. The quantitative estimate of drug-likeness (QED) is 0.511. The number of allylic oxidation sites excluding steroid dienone is 1. The fourth-order valence-electron chi connectivity index (χ4n) is 0.809. The smallest absolute Gasteiger partial charge is 0.240 e. The van der Waals surface area contributed by atoms with E-state index >= 15 is 0 Å². The molecule has 0 saturated carbocycles. The van der Waals surface area contributed by atoms with Gasteiger partial charge in [0.25, 0.3) is 0 Å². The van der Waals surface area contributed by atoms with Crippen LogP contribution in [0.3, 0.4) is 0 Å². The molecule has 0 atom stereocenters. The van der Waals surface area contributed by atoms with Crippen LogP contribution in [0.1, 0.15) is 20.8 Å². The van der Waals surface area contributed by atoms with Crippen molar-refractivity contribution in [2.45, 2.75) is 20.8 Å². The van der Waals surface area contributed by atoms with Crippen molar-refractivity contribution in [1.29, 1.82) is 0 Å². The van der Waals surface area contributed by atoms with E-state index in [2.05, 4.69) is 10.3 Å². The van der Waals surface area contributed by atoms with Crippen LogP contribution in [0.25, 0.3) is 0 Å². The fraction of sp³-hybridized carbons (Fsp3) is 0.667. The van der Waals surface area contributed by atoms with Gasteiger partial charge in [-0.1, -0.05) is 5.22 Å². The Kier molecular flexibility index (Phi) is 4.83. The minimum atomic E-state index is -0.138. The summed E-state index contributed by atoms with van der Waals surface area (Å²) in [5, 5.41) is 8.96. The second kappa shape index (κ2) is 5.36. The van der Waals surface area contributed by atoms with Crippen LogP contribution in [-0.4, -0.2) is 37.0 Å². The third kappa shape index (κ3) is 4.02. The van der Waals surface area contributed by atoms with Gasteiger partial charge in [0.05, 0.1) is 0 Å². The molecular formula is C9H18N4O. The highest BCUT2D eigenvalue weighted by Crippen LogP contribution is 2.08. The third-order valence-electron chi connectivity index (χ3n) is 1.60. The molecule has 0 radical (unpaired) electrons. The Balaban J connectivity index is 4.63. The Morgan fingerprint density at radius 2 is 1.57 bits per heavy atom. The molecule has 0 aliphatic heterocycles. The SMILES string of the molecule is CC(=O)N(C)/N=N\C(=C(C)C)N(C)C. The third-order valence-corrected chi connectivity index (χ3v) is 1.60. The molecule has 0 aromatic carbocycles. The van der Waals surface area contributed by atoms with Crippen LogP contribution in [0.2, 0.25) is 0 Å². The van der Waals surface area contributed by atoms with E-state index in [1.165, 1.54) is 11.9 Å². The molecule has 0 rings (SSSR count). The normalized spacial score (nSPS) is 10.1. The van der Waals surface area contributed by atoms with Crippen molar-refractivity contribution in [2.24, 2.45) is 10.3 Å². The van der Waals surface area contributed by atoms with Crippen LogP contribution in [0.15, 0.2) is 21.7 Å². The highest BCUT2D eigenvalue weighted by Gasteiger charge is 2.02. The fourth-order valence-corrected chi connectivity index (χ4v) is 0.809. The predicted molar refractivity (Wildman–Crippen MR) is 55.4 cm³/mol. The molecule has 14 heavy (non-hydrogen) atoms. The number of hydrogen-bond acceptors (Lipinski definition) is 4. The van der Waals surface area contributed by atoms with Crippen molar-refractivity contribution in [1.82, 2.24) is 9.91 Å². The van der Waals surface area contributed by atoms with Crippen LogP contribution in [0.4, 0.5) is 0 Å². The lowest BCUT2D eigenvalue weighted by Gasteiger charge is -2.14. The summed E-state index contributed by atoms with van der Waals surface area (Å²) in [4.78, 5) is 12.7. The van der Waals surface area contributed by atoms with E-state index < -0.39 is 0 Å². The lowest BCUT2D eigenvalue weighted by atomic mass is 10.3. The second-order valence-corrected chi connectivity index (χ2v) is 3.45. The van der Waals surface area contributed by atoms with Gasteiger partial charge in [-0.05, 0) is 19.4 Å². The summed E-state index contributed by atoms with van der Waals surface area (Å²) in [6.07, 6.45) is 0. The Morgan fingerprint density at radius 1 is 1.07 bits per heavy atom. The molecule has 0 bridgehead atoms. The molecule has 5 nitrogen and oxygen atoms in total. The van der Waals surface area contributed by atoms with Crippen molar-refractivity contribution >= 4 is 5.91 Å². The maximum absolute atomic E-state index is 10.8. The maximum Gasteiger partial charge on any atom is 0.240 e. The summed E-state index contributed by atoms with van der Waals surface area (Å²) >= 11 is 0. The first kappa shape index (κ1) is 12.6. The van der Waals surface area contributed by atoms with E-state index in [1.54, 1.807) is 7.05 Å². The molecule has 0 N–H and O–H groups in total. The number of rotatable bonds is 3. The first-order valence-corrected chi connectivity index (χ1v) is 4.37. The average Bonchev–Trinajstić information content (AvgIpc) is 2.02. The topological polar surface area (TPSA) is 48.3 Å². The van der Waals surface area contributed by atoms with Crippen molar-refractivity contribution < 1.29 is 4.79 Å². The number of carbonyl (C=O) groups is 1. The minimum Gasteiger partial charge on any atom is -0.361 e. The molecular weight excluding hydrogens is 180 g/mol. The monoisotopic (exact) mass is 198 g/mol. The van der Waals surface area contributed by atoms with Crippen LogP contribution < -0.4 is 0 Å². The summed E-state index contributed by atoms with van der Waals surface area (Å²) in [6.45, 7) is 5.33. The summed E-state index contributed by atoms with van der Waals surface area (Å²) < 4.78 is 0. The van der Waals surface area contributed by atoms with Gasteiger partial charge in [0.2, 0.25) is 5.91 Å². The maximum atomic E-state index is 10.8. The Morgan fingerprint density at radius 3 is 1.86 bits per heavy atom. The minimum absolute atomic E-state index is 0.138. The number of nitrogens with zero attached hydrogens (tertiary/aromatic N) is 4. The van der Waals surface area contributed by atoms with E-state index in [9.17, 15) is 4.79 Å². The van der Waals surface area contributed by atoms with Gasteiger partial charge in [0, 0.05) is 28.1 Å². The molecule has 0 aliphatic rings. The van der Waals surface area contributed by atoms with Crippen molar-refractivity contribution in [3.05, 3.63) is 11.4 Å². The summed E-state index contributed by atoms with van der Waals surface area (Å²) in [5.41, 5.74) is 1.05. The largest absolute Gasteiger partial charge is 0.361 e. The van der Waals surface area contributed by atoms with Gasteiger partial charge in [0.1, 0.15) is 0 Å². The van der Waals surface area contributed by atoms with Crippen LogP contribution in [-0.2, 0) is 4.79 Å². The Labute approximate surface area is 85.1 Å². The highest BCUT2D eigenvalue weighted by molar-refractivity contribution is 5.72. The van der Waals surface area contributed by atoms with E-state index in [-0.39, 0.29) is 5.91 Å². The van der Waals surface area contributed by atoms with Gasteiger partial charge in [-0.15, -0.1) is 5.11 Å². The molecule has 80 valence electrons. The van der Waals surface area contributed by atoms with Crippen LogP contribution in [0.5, 0.6) is 0 Å². The zero-order valence-electron chi connectivity index (χ0n) is 9.70. The van der Waals surface area contributed by atoms with Crippen LogP contribution in [0, 0.1) is 0 Å². The molecule has 0 unspecified atom stereocenters. The molecule has 1 amide bonds. The lowest BCUT2D eigenvalue weighted by molar-refractivity contribution is -0.127. The van der Waals surface area contributed by atoms with Gasteiger partial charge in [0.15, 0.2) is 5.82 Å². The second-order valence-electron chi connectivity index (χ2n) is 3.45. The van der Waals surface area contributed by atoms with Gasteiger partial charge < -0.3 is 4.90 Å². The molecule has 0 heterocycles. The van der Waals surface area contributed by atoms with Gasteiger partial charge in [-0.25, -0.2) is 5.01 Å². The van der Waals surface area contributed by atoms with E-state index in [0.717, 1.165) is 11.4 Å². The molecule has 0 saturated heterocycles. The first-order chi connectivity index (χ1) is 6.36. The standard InChI is InChI=1S/C9H18N4O/c1-7(2)9(12(4)5)10-11-13(6)8(3)14/h1-6H3/b11-10-. The summed E-state index contributed by atoms with van der Waals surface area (Å²) in [6, 6.07) is 0. The number of carbonyl (C=O) groups excluding carboxylic acids is 1. The molecule has 0 aromatic heterocycles. The highest BCUT2D eigenvalue weighted by atomic mass is 16.2.